The van der Waals surface area contributed by atoms with Crippen molar-refractivity contribution in [1.82, 2.24) is 10.3 Å². The first-order valence-corrected chi connectivity index (χ1v) is 10.5. The summed E-state index contributed by atoms with van der Waals surface area (Å²) in [4.78, 5) is 17.2. The lowest BCUT2D eigenvalue weighted by atomic mass is 9.49. The van der Waals surface area contributed by atoms with Crippen LogP contribution in [0.5, 0.6) is 11.5 Å². The molecule has 164 valence electrons. The number of ether oxygens (including phenoxy) is 2. The van der Waals surface area contributed by atoms with E-state index in [4.69, 9.17) is 9.47 Å². The Balaban J connectivity index is 1.75. The zero-order valence-corrected chi connectivity index (χ0v) is 19.3. The van der Waals surface area contributed by atoms with E-state index in [2.05, 4.69) is 57.9 Å². The number of nitriles is 1. The van der Waals surface area contributed by atoms with Crippen LogP contribution in [0.1, 0.15) is 69.1 Å². The molecule has 0 saturated heterocycles. The molecule has 1 heterocycles. The molecular weight excluding hydrogens is 390 g/mol. The summed E-state index contributed by atoms with van der Waals surface area (Å²) in [6.45, 7) is 12.5. The molecule has 6 nitrogen and oxygen atoms in total. The van der Waals surface area contributed by atoms with E-state index >= 15 is 0 Å². The van der Waals surface area contributed by atoms with Crippen LogP contribution in [0.25, 0.3) is 0 Å². The van der Waals surface area contributed by atoms with Gasteiger partial charge in [-0.2, -0.15) is 5.26 Å². The number of nitrogens with zero attached hydrogens (tertiary/aromatic N) is 2. The molecule has 1 aliphatic carbocycles. The second kappa shape index (κ2) is 8.22. The fourth-order valence-electron chi connectivity index (χ4n) is 4.86. The van der Waals surface area contributed by atoms with Gasteiger partial charge in [0.1, 0.15) is 29.4 Å². The average Bonchev–Trinajstić information content (AvgIpc) is 2.74. The summed E-state index contributed by atoms with van der Waals surface area (Å²) in [6.07, 6.45) is 1.63. The van der Waals surface area contributed by atoms with Crippen LogP contribution in [-0.4, -0.2) is 30.1 Å². The van der Waals surface area contributed by atoms with Crippen molar-refractivity contribution in [3.8, 4) is 17.6 Å². The van der Waals surface area contributed by atoms with Crippen molar-refractivity contribution < 1.29 is 14.3 Å². The zero-order valence-electron chi connectivity index (χ0n) is 19.3. The van der Waals surface area contributed by atoms with Gasteiger partial charge >= 0.3 is 0 Å². The fraction of sp³-hybridized carbons (Fsp3) is 0.480. The normalized spacial score (nSPS) is 21.0. The number of amides is 1. The fourth-order valence-corrected chi connectivity index (χ4v) is 4.86. The third kappa shape index (κ3) is 4.10. The number of hydrogen-bond donors (Lipinski definition) is 1. The molecule has 0 aliphatic heterocycles. The van der Waals surface area contributed by atoms with E-state index in [0.717, 1.165) is 5.56 Å². The molecule has 0 spiro atoms. The molecule has 6 heteroatoms. The summed E-state index contributed by atoms with van der Waals surface area (Å²) in [7, 11) is 1.53. The summed E-state index contributed by atoms with van der Waals surface area (Å²) in [6, 6.07) is 10.9. The van der Waals surface area contributed by atoms with E-state index < -0.39 is 0 Å². The van der Waals surface area contributed by atoms with Crippen LogP contribution >= 0.6 is 0 Å². The second-order valence-corrected chi connectivity index (χ2v) is 9.65. The number of aromatic nitrogens is 1. The number of carbonyl (C=O) groups excluding carboxylic acids is 1. The highest BCUT2D eigenvalue weighted by Gasteiger charge is 2.64. The molecule has 1 fully saturated rings. The van der Waals surface area contributed by atoms with Gasteiger partial charge in [-0.15, -0.1) is 0 Å². The van der Waals surface area contributed by atoms with Gasteiger partial charge in [0, 0.05) is 29.1 Å². The van der Waals surface area contributed by atoms with Crippen molar-refractivity contribution >= 4 is 5.91 Å². The standard InChI is InChI=1S/C25H31N3O3/c1-15(2)17-9-11-19(27-14-17)21(29)28-22-24(3,4)23(25(22,5)6)31-18-10-8-16(13-26)20(12-18)30-7/h8-12,14-15,22-23H,1-7H3,(H,28,29). The van der Waals surface area contributed by atoms with Crippen LogP contribution in [0.3, 0.4) is 0 Å². The maximum absolute atomic E-state index is 12.9. The van der Waals surface area contributed by atoms with Crippen LogP contribution in [-0.2, 0) is 0 Å². The van der Waals surface area contributed by atoms with Gasteiger partial charge in [0.05, 0.1) is 12.7 Å². The Bertz CT molecular complexity index is 988. The highest BCUT2D eigenvalue weighted by molar-refractivity contribution is 5.92. The Morgan fingerprint density at radius 1 is 1.16 bits per heavy atom. The largest absolute Gasteiger partial charge is 0.495 e. The van der Waals surface area contributed by atoms with Crippen molar-refractivity contribution in [3.05, 3.63) is 53.3 Å². The first kappa shape index (κ1) is 22.6. The number of methoxy groups -OCH3 is 1. The number of rotatable bonds is 6. The summed E-state index contributed by atoms with van der Waals surface area (Å²) in [5, 5.41) is 12.4. The van der Waals surface area contributed by atoms with Crippen LogP contribution in [0.2, 0.25) is 0 Å². The molecule has 2 aromatic rings. The molecule has 1 saturated carbocycles. The molecule has 1 aromatic carbocycles. The van der Waals surface area contributed by atoms with Crippen LogP contribution in [0.4, 0.5) is 0 Å². The monoisotopic (exact) mass is 421 g/mol. The Morgan fingerprint density at radius 2 is 1.84 bits per heavy atom. The molecule has 0 unspecified atom stereocenters. The summed E-state index contributed by atoms with van der Waals surface area (Å²) < 4.78 is 11.6. The quantitative estimate of drug-likeness (QED) is 0.731. The molecule has 1 aliphatic rings. The van der Waals surface area contributed by atoms with Gasteiger partial charge in [-0.05, 0) is 29.7 Å². The average molecular weight is 422 g/mol. The number of pyridine rings is 1. The Hall–Kier alpha value is -3.07. The summed E-state index contributed by atoms with van der Waals surface area (Å²) in [5.41, 5.74) is 1.36. The number of nitrogens with one attached hydrogen (secondary N) is 1. The first-order chi connectivity index (χ1) is 14.5. The molecule has 0 radical (unpaired) electrons. The molecule has 1 aromatic heterocycles. The van der Waals surface area contributed by atoms with Crippen LogP contribution in [0.15, 0.2) is 36.5 Å². The van der Waals surface area contributed by atoms with Gasteiger partial charge in [-0.3, -0.25) is 9.78 Å². The minimum atomic E-state index is -0.307. The smallest absolute Gasteiger partial charge is 0.270 e. The van der Waals surface area contributed by atoms with Gasteiger partial charge in [0.25, 0.3) is 5.91 Å². The predicted octanol–water partition coefficient (Wildman–Crippen LogP) is 4.70. The third-order valence-electron chi connectivity index (χ3n) is 6.35. The molecule has 0 bridgehead atoms. The van der Waals surface area contributed by atoms with Crippen molar-refractivity contribution in [3.63, 3.8) is 0 Å². The van der Waals surface area contributed by atoms with Gasteiger partial charge < -0.3 is 14.8 Å². The van der Waals surface area contributed by atoms with Crippen LogP contribution in [0, 0.1) is 22.2 Å². The lowest BCUT2D eigenvalue weighted by Crippen LogP contribution is -2.74. The van der Waals surface area contributed by atoms with Gasteiger partial charge in [-0.25, -0.2) is 0 Å². The minimum Gasteiger partial charge on any atom is -0.495 e. The maximum atomic E-state index is 12.9. The maximum Gasteiger partial charge on any atom is 0.270 e. The van der Waals surface area contributed by atoms with E-state index in [9.17, 15) is 10.1 Å². The van der Waals surface area contributed by atoms with Gasteiger partial charge in [0.2, 0.25) is 0 Å². The minimum absolute atomic E-state index is 0.0932. The topological polar surface area (TPSA) is 84.2 Å². The zero-order chi connectivity index (χ0) is 23.0. The number of benzene rings is 1. The summed E-state index contributed by atoms with van der Waals surface area (Å²) in [5.74, 6) is 1.31. The Morgan fingerprint density at radius 3 is 2.35 bits per heavy atom. The van der Waals surface area contributed by atoms with Gasteiger partial charge in [-0.1, -0.05) is 47.6 Å². The molecule has 31 heavy (non-hydrogen) atoms. The van der Waals surface area contributed by atoms with Crippen molar-refractivity contribution in [2.75, 3.05) is 7.11 Å². The number of carbonyl (C=O) groups is 1. The highest BCUT2D eigenvalue weighted by atomic mass is 16.5. The van der Waals surface area contributed by atoms with Crippen molar-refractivity contribution in [2.24, 2.45) is 10.8 Å². The second-order valence-electron chi connectivity index (χ2n) is 9.65. The Labute approximate surface area is 184 Å². The molecule has 3 rings (SSSR count). The number of hydrogen-bond acceptors (Lipinski definition) is 5. The van der Waals surface area contributed by atoms with E-state index in [0.29, 0.717) is 28.7 Å². The molecular formula is C25H31N3O3. The van der Waals surface area contributed by atoms with E-state index in [1.165, 1.54) is 7.11 Å². The first-order valence-electron chi connectivity index (χ1n) is 10.5. The SMILES string of the molecule is COc1cc(OC2C(C)(C)C(NC(=O)c3ccc(C(C)C)cn3)C2(C)C)ccc1C#N. The lowest BCUT2D eigenvalue weighted by Gasteiger charge is -2.63. The van der Waals surface area contributed by atoms with Gasteiger partial charge in [0.15, 0.2) is 0 Å². The van der Waals surface area contributed by atoms with Crippen LogP contribution < -0.4 is 14.8 Å². The van der Waals surface area contributed by atoms with Crippen molar-refractivity contribution in [1.29, 1.82) is 5.26 Å². The molecule has 1 N–H and O–H groups in total. The van der Waals surface area contributed by atoms with E-state index in [-0.39, 0.29) is 28.9 Å². The van der Waals surface area contributed by atoms with Crippen molar-refractivity contribution in [2.45, 2.75) is 59.6 Å². The molecule has 1 amide bonds. The lowest BCUT2D eigenvalue weighted by molar-refractivity contribution is -0.164. The van der Waals surface area contributed by atoms with E-state index in [1.807, 2.05) is 6.07 Å². The summed E-state index contributed by atoms with van der Waals surface area (Å²) >= 11 is 0. The highest BCUT2D eigenvalue weighted by Crippen LogP contribution is 2.55. The molecule has 0 atom stereocenters. The Kier molecular flexibility index (Phi) is 6.00. The predicted molar refractivity (Wildman–Crippen MR) is 119 cm³/mol. The third-order valence-corrected chi connectivity index (χ3v) is 6.35. The van der Waals surface area contributed by atoms with E-state index in [1.54, 1.807) is 30.5 Å².